The number of likely N-dealkylation sites (N-methyl/N-ethyl adjacent to an activating group) is 1. The summed E-state index contributed by atoms with van der Waals surface area (Å²) in [5.74, 6) is -2.10. The van der Waals surface area contributed by atoms with Crippen molar-refractivity contribution >= 4 is 39.8 Å². The van der Waals surface area contributed by atoms with Gasteiger partial charge in [-0.3, -0.25) is 14.5 Å². The molecule has 1 heterocycles. The van der Waals surface area contributed by atoms with E-state index in [1.807, 2.05) is 11.9 Å². The second kappa shape index (κ2) is 8.42. The molecule has 0 unspecified atom stereocenters. The number of rotatable bonds is 4. The highest BCUT2D eigenvalue weighted by Gasteiger charge is 2.44. The molecule has 3 rings (SSSR count). The molecule has 1 aliphatic heterocycles. The molecule has 0 saturated carbocycles. The number of halogens is 4. The Morgan fingerprint density at radius 2 is 1.62 bits per heavy atom. The fourth-order valence-electron chi connectivity index (χ4n) is 3.20. The highest BCUT2D eigenvalue weighted by molar-refractivity contribution is 6.68. The van der Waals surface area contributed by atoms with Crippen LogP contribution in [0.3, 0.4) is 0 Å². The largest absolute Gasteiger partial charge is 0.472 e. The summed E-state index contributed by atoms with van der Waals surface area (Å²) >= 11 is 5.64. The molecule has 29 heavy (non-hydrogen) atoms. The number of carbonyl (C=O) groups is 2. The summed E-state index contributed by atoms with van der Waals surface area (Å²) in [6, 6.07) is 11.8. The molecule has 0 radical (unpaired) electrons. The topological polar surface area (TPSA) is 43.9 Å². The zero-order chi connectivity index (χ0) is 21.2. The Bertz CT molecular complexity index is 898. The van der Waals surface area contributed by atoms with E-state index in [0.717, 1.165) is 13.1 Å². The van der Waals surface area contributed by atoms with Crippen molar-refractivity contribution in [1.29, 1.82) is 0 Å². The molecule has 0 bridgehead atoms. The normalized spacial score (nSPS) is 15.3. The molecule has 1 saturated heterocycles. The first-order chi connectivity index (χ1) is 13.7. The van der Waals surface area contributed by atoms with Crippen LogP contribution in [0.4, 0.5) is 30.2 Å². The lowest BCUT2D eigenvalue weighted by molar-refractivity contribution is -0.169. The number of carbonyl (C=O) groups excluding carboxylic acids is 2. The number of para-hydroxylation sites is 1. The number of hydrogen-bond acceptors (Lipinski definition) is 4. The summed E-state index contributed by atoms with van der Waals surface area (Å²) in [6.45, 7) is 2.91. The van der Waals surface area contributed by atoms with Crippen LogP contribution in [-0.2, 0) is 4.79 Å². The number of alkyl halides is 3. The average Bonchev–Trinajstić information content (AvgIpc) is 2.68. The molecule has 154 valence electrons. The van der Waals surface area contributed by atoms with Crippen molar-refractivity contribution < 1.29 is 22.8 Å². The van der Waals surface area contributed by atoms with Crippen molar-refractivity contribution in [2.45, 2.75) is 6.18 Å². The van der Waals surface area contributed by atoms with Gasteiger partial charge in [-0.25, -0.2) is 0 Å². The minimum absolute atomic E-state index is 0.00970. The molecule has 1 fully saturated rings. The molecule has 2 aromatic rings. The van der Waals surface area contributed by atoms with Gasteiger partial charge in [0.15, 0.2) is 0 Å². The number of amides is 1. The molecule has 0 aromatic heterocycles. The maximum Gasteiger partial charge on any atom is 0.472 e. The van der Waals surface area contributed by atoms with Gasteiger partial charge in [0.2, 0.25) is 0 Å². The Kier molecular flexibility index (Phi) is 6.14. The fourth-order valence-corrected chi connectivity index (χ4v) is 3.36. The zero-order valence-electron chi connectivity index (χ0n) is 15.6. The van der Waals surface area contributed by atoms with Gasteiger partial charge in [0.25, 0.3) is 5.24 Å². The third kappa shape index (κ3) is 4.71. The molecule has 0 N–H and O–H groups in total. The number of piperazine rings is 1. The van der Waals surface area contributed by atoms with Crippen LogP contribution in [0.1, 0.15) is 10.4 Å². The lowest BCUT2D eigenvalue weighted by atomic mass is 10.1. The van der Waals surface area contributed by atoms with Gasteiger partial charge >= 0.3 is 12.1 Å². The first-order valence-corrected chi connectivity index (χ1v) is 9.30. The Balaban J connectivity index is 2.13. The molecule has 0 atom stereocenters. The van der Waals surface area contributed by atoms with Crippen molar-refractivity contribution in [2.75, 3.05) is 43.0 Å². The van der Waals surface area contributed by atoms with Crippen LogP contribution in [0.15, 0.2) is 48.5 Å². The summed E-state index contributed by atoms with van der Waals surface area (Å²) < 4.78 is 40.1. The summed E-state index contributed by atoms with van der Waals surface area (Å²) in [5, 5.41) is -0.944. The third-order valence-electron chi connectivity index (χ3n) is 4.76. The van der Waals surface area contributed by atoms with Crippen molar-refractivity contribution in [2.24, 2.45) is 0 Å². The van der Waals surface area contributed by atoms with E-state index in [1.165, 1.54) is 36.4 Å². The van der Waals surface area contributed by atoms with E-state index >= 15 is 0 Å². The second-order valence-corrected chi connectivity index (χ2v) is 7.08. The van der Waals surface area contributed by atoms with Crippen LogP contribution in [0.2, 0.25) is 0 Å². The molecule has 5 nitrogen and oxygen atoms in total. The predicted octanol–water partition coefficient (Wildman–Crippen LogP) is 4.04. The average molecular weight is 426 g/mol. The van der Waals surface area contributed by atoms with Crippen LogP contribution in [0, 0.1) is 0 Å². The Morgan fingerprint density at radius 3 is 2.17 bits per heavy atom. The summed E-state index contributed by atoms with van der Waals surface area (Å²) in [4.78, 5) is 28.9. The smallest absolute Gasteiger partial charge is 0.369 e. The second-order valence-electron chi connectivity index (χ2n) is 6.74. The van der Waals surface area contributed by atoms with E-state index in [-0.39, 0.29) is 16.9 Å². The van der Waals surface area contributed by atoms with Gasteiger partial charge in [-0.1, -0.05) is 18.2 Å². The first kappa shape index (κ1) is 21.1. The van der Waals surface area contributed by atoms with Crippen LogP contribution >= 0.6 is 11.6 Å². The fraction of sp³-hybridized carbons (Fsp3) is 0.300. The van der Waals surface area contributed by atoms with Gasteiger partial charge < -0.3 is 9.80 Å². The van der Waals surface area contributed by atoms with E-state index < -0.39 is 17.3 Å². The van der Waals surface area contributed by atoms with Crippen molar-refractivity contribution in [3.63, 3.8) is 0 Å². The Hall–Kier alpha value is -2.58. The molecule has 1 aliphatic rings. The number of benzene rings is 2. The van der Waals surface area contributed by atoms with Crippen LogP contribution in [0.25, 0.3) is 0 Å². The predicted molar refractivity (Wildman–Crippen MR) is 106 cm³/mol. The van der Waals surface area contributed by atoms with Crippen molar-refractivity contribution in [1.82, 2.24) is 4.90 Å². The van der Waals surface area contributed by atoms with Gasteiger partial charge in [0.05, 0.1) is 11.3 Å². The van der Waals surface area contributed by atoms with E-state index in [9.17, 15) is 22.8 Å². The maximum absolute atomic E-state index is 13.4. The lowest BCUT2D eigenvalue weighted by Crippen LogP contribution is -2.44. The van der Waals surface area contributed by atoms with Crippen molar-refractivity contribution in [3.05, 3.63) is 54.1 Å². The number of hydrogen-bond donors (Lipinski definition) is 0. The molecule has 2 aromatic carbocycles. The highest BCUT2D eigenvalue weighted by atomic mass is 35.5. The van der Waals surface area contributed by atoms with Crippen LogP contribution in [0.5, 0.6) is 0 Å². The molecule has 9 heteroatoms. The summed E-state index contributed by atoms with van der Waals surface area (Å²) in [6.07, 6.45) is -5.13. The molecular weight excluding hydrogens is 407 g/mol. The number of anilines is 3. The molecular formula is C20H19ClF3N3O2. The summed E-state index contributed by atoms with van der Waals surface area (Å²) in [7, 11) is 1.98. The minimum Gasteiger partial charge on any atom is -0.369 e. The minimum atomic E-state index is -5.13. The molecule has 0 spiro atoms. The van der Waals surface area contributed by atoms with E-state index in [4.69, 9.17) is 11.6 Å². The zero-order valence-corrected chi connectivity index (χ0v) is 16.4. The van der Waals surface area contributed by atoms with Gasteiger partial charge in [-0.2, -0.15) is 13.2 Å². The van der Waals surface area contributed by atoms with Gasteiger partial charge in [0.1, 0.15) is 0 Å². The number of nitrogens with zero attached hydrogens (tertiary/aromatic N) is 3. The van der Waals surface area contributed by atoms with Gasteiger partial charge in [-0.05, 0) is 49.0 Å². The Morgan fingerprint density at radius 1 is 1.00 bits per heavy atom. The van der Waals surface area contributed by atoms with Crippen LogP contribution in [-0.4, -0.2) is 55.5 Å². The van der Waals surface area contributed by atoms with E-state index in [0.29, 0.717) is 23.7 Å². The lowest BCUT2D eigenvalue weighted by Gasteiger charge is -2.35. The standard InChI is InChI=1S/C20H19ClF3N3O2/c1-25-9-11-26(12-10-25)15-7-8-16(18(21)28)17(13-15)27(19(29)20(22,23)24)14-5-3-2-4-6-14/h2-8,13H,9-12H2,1H3. The van der Waals surface area contributed by atoms with E-state index in [2.05, 4.69) is 4.90 Å². The SMILES string of the molecule is CN1CCN(c2ccc(C(=O)Cl)c(N(C(=O)C(F)(F)F)c3ccccc3)c2)CC1. The molecule has 1 amide bonds. The van der Waals surface area contributed by atoms with E-state index in [1.54, 1.807) is 12.1 Å². The van der Waals surface area contributed by atoms with Gasteiger partial charge in [0, 0.05) is 37.6 Å². The first-order valence-electron chi connectivity index (χ1n) is 8.92. The van der Waals surface area contributed by atoms with Crippen molar-refractivity contribution in [3.8, 4) is 0 Å². The Labute approximate surface area is 171 Å². The summed E-state index contributed by atoms with van der Waals surface area (Å²) in [5.41, 5.74) is 0.233. The van der Waals surface area contributed by atoms with Gasteiger partial charge in [-0.15, -0.1) is 0 Å². The monoisotopic (exact) mass is 425 g/mol. The maximum atomic E-state index is 13.4. The molecule has 0 aliphatic carbocycles. The highest BCUT2D eigenvalue weighted by Crippen LogP contribution is 2.36. The van der Waals surface area contributed by atoms with Crippen LogP contribution < -0.4 is 9.80 Å². The quantitative estimate of drug-likeness (QED) is 0.693. The third-order valence-corrected chi connectivity index (χ3v) is 4.97.